The summed E-state index contributed by atoms with van der Waals surface area (Å²) in [5.74, 6) is 0.331. The Morgan fingerprint density at radius 1 is 1.43 bits per heavy atom. The van der Waals surface area contributed by atoms with Gasteiger partial charge in [0.1, 0.15) is 5.60 Å². The molecule has 82 valence electrons. The van der Waals surface area contributed by atoms with Gasteiger partial charge in [-0.25, -0.2) is 0 Å². The molecule has 0 aromatic rings. The molecule has 0 saturated carbocycles. The van der Waals surface area contributed by atoms with Gasteiger partial charge in [0.25, 0.3) is 0 Å². The molecule has 1 N–H and O–H groups in total. The first kappa shape index (κ1) is 11.5. The minimum Gasteiger partial charge on any atom is -0.459 e. The van der Waals surface area contributed by atoms with Crippen LogP contribution in [0.25, 0.3) is 0 Å². The van der Waals surface area contributed by atoms with Gasteiger partial charge >= 0.3 is 5.97 Å². The molecule has 0 unspecified atom stereocenters. The van der Waals surface area contributed by atoms with Crippen molar-refractivity contribution in [3.63, 3.8) is 0 Å². The topological polar surface area (TPSA) is 38.3 Å². The highest BCUT2D eigenvalue weighted by atomic mass is 16.6. The molecule has 0 spiro atoms. The highest BCUT2D eigenvalue weighted by molar-refractivity contribution is 5.70. The first-order valence-corrected chi connectivity index (χ1v) is 5.44. The molecule has 0 atom stereocenters. The summed E-state index contributed by atoms with van der Waals surface area (Å²) in [5.41, 5.74) is -0.225. The number of ether oxygens (including phenoxy) is 1. The fraction of sp³-hybridized carbons (Fsp3) is 0.909. The van der Waals surface area contributed by atoms with Crippen molar-refractivity contribution in [1.29, 1.82) is 0 Å². The van der Waals surface area contributed by atoms with Gasteiger partial charge in [0, 0.05) is 6.42 Å². The summed E-state index contributed by atoms with van der Waals surface area (Å²) in [6, 6.07) is 0. The average molecular weight is 199 g/mol. The van der Waals surface area contributed by atoms with Crippen LogP contribution >= 0.6 is 0 Å². The van der Waals surface area contributed by atoms with Gasteiger partial charge in [-0.2, -0.15) is 0 Å². The van der Waals surface area contributed by atoms with Crippen LogP contribution in [-0.2, 0) is 9.53 Å². The van der Waals surface area contributed by atoms with Gasteiger partial charge in [0.15, 0.2) is 0 Å². The quantitative estimate of drug-likeness (QED) is 0.703. The van der Waals surface area contributed by atoms with Gasteiger partial charge in [-0.15, -0.1) is 0 Å². The van der Waals surface area contributed by atoms with Crippen LogP contribution in [-0.4, -0.2) is 24.7 Å². The normalized spacial score (nSPS) is 20.9. The molecule has 0 amide bonds. The molecule has 3 heteroatoms. The smallest absolute Gasteiger partial charge is 0.306 e. The summed E-state index contributed by atoms with van der Waals surface area (Å²) in [7, 11) is 0. The maximum absolute atomic E-state index is 11.5. The third kappa shape index (κ3) is 3.66. The molecule has 14 heavy (non-hydrogen) atoms. The monoisotopic (exact) mass is 199 g/mol. The number of rotatable bonds is 3. The van der Waals surface area contributed by atoms with E-state index in [1.807, 2.05) is 20.8 Å². The second-order valence-electron chi connectivity index (χ2n) is 4.77. The van der Waals surface area contributed by atoms with Crippen molar-refractivity contribution in [2.75, 3.05) is 13.1 Å². The van der Waals surface area contributed by atoms with E-state index in [9.17, 15) is 4.79 Å². The van der Waals surface area contributed by atoms with E-state index in [0.29, 0.717) is 12.3 Å². The van der Waals surface area contributed by atoms with E-state index in [-0.39, 0.29) is 11.6 Å². The molecule has 3 nitrogen and oxygen atoms in total. The number of nitrogens with one attached hydrogen (secondary N) is 1. The molecule has 1 saturated heterocycles. The van der Waals surface area contributed by atoms with Crippen molar-refractivity contribution >= 4 is 5.97 Å². The van der Waals surface area contributed by atoms with Crippen molar-refractivity contribution in [3.05, 3.63) is 0 Å². The summed E-state index contributed by atoms with van der Waals surface area (Å²) in [6.45, 7) is 8.00. The molecule has 1 aliphatic heterocycles. The van der Waals surface area contributed by atoms with Crippen molar-refractivity contribution in [3.8, 4) is 0 Å². The Hall–Kier alpha value is -0.570. The van der Waals surface area contributed by atoms with Crippen LogP contribution in [0.3, 0.4) is 0 Å². The van der Waals surface area contributed by atoms with Crippen LogP contribution in [0.15, 0.2) is 0 Å². The Balaban J connectivity index is 2.37. The molecule has 0 radical (unpaired) electrons. The van der Waals surface area contributed by atoms with Crippen LogP contribution in [0.5, 0.6) is 0 Å². The molecular weight excluding hydrogens is 178 g/mol. The largest absolute Gasteiger partial charge is 0.459 e. The zero-order chi connectivity index (χ0) is 10.6. The van der Waals surface area contributed by atoms with Crippen LogP contribution in [0.4, 0.5) is 0 Å². The molecule has 0 bridgehead atoms. The Bertz CT molecular complexity index is 195. The minimum absolute atomic E-state index is 0.0515. The summed E-state index contributed by atoms with van der Waals surface area (Å²) in [5, 5.41) is 3.26. The maximum Gasteiger partial charge on any atom is 0.306 e. The second kappa shape index (κ2) is 4.78. The standard InChI is InChI=1S/C11H21NO2/c1-9(2)8-10(13)14-11(3)4-6-12-7-5-11/h9,12H,4-8H2,1-3H3. The van der Waals surface area contributed by atoms with E-state index in [1.165, 1.54) is 0 Å². The molecule has 0 aromatic carbocycles. The fourth-order valence-electron chi connectivity index (χ4n) is 1.71. The van der Waals surface area contributed by atoms with E-state index in [0.717, 1.165) is 25.9 Å². The molecular formula is C11H21NO2. The summed E-state index contributed by atoms with van der Waals surface area (Å²) in [4.78, 5) is 11.5. The van der Waals surface area contributed by atoms with E-state index >= 15 is 0 Å². The lowest BCUT2D eigenvalue weighted by Gasteiger charge is -2.33. The lowest BCUT2D eigenvalue weighted by atomic mass is 9.94. The first-order chi connectivity index (χ1) is 6.52. The fourth-order valence-corrected chi connectivity index (χ4v) is 1.71. The summed E-state index contributed by atoms with van der Waals surface area (Å²) in [6.07, 6.45) is 2.39. The third-order valence-electron chi connectivity index (χ3n) is 2.60. The molecule has 0 aromatic heterocycles. The number of carbonyl (C=O) groups excluding carboxylic acids is 1. The number of piperidine rings is 1. The molecule has 1 rings (SSSR count). The third-order valence-corrected chi connectivity index (χ3v) is 2.60. The predicted molar refractivity (Wildman–Crippen MR) is 56.1 cm³/mol. The van der Waals surface area contributed by atoms with E-state index in [4.69, 9.17) is 4.74 Å². The Morgan fingerprint density at radius 2 is 2.00 bits per heavy atom. The number of esters is 1. The van der Waals surface area contributed by atoms with Crippen molar-refractivity contribution in [2.24, 2.45) is 5.92 Å². The van der Waals surface area contributed by atoms with E-state index in [1.54, 1.807) is 0 Å². The highest BCUT2D eigenvalue weighted by Gasteiger charge is 2.30. The van der Waals surface area contributed by atoms with Gasteiger partial charge < -0.3 is 10.1 Å². The Labute approximate surface area is 86.2 Å². The van der Waals surface area contributed by atoms with Crippen LogP contribution < -0.4 is 5.32 Å². The number of hydrogen-bond donors (Lipinski definition) is 1. The zero-order valence-electron chi connectivity index (χ0n) is 9.43. The second-order valence-corrected chi connectivity index (χ2v) is 4.77. The SMILES string of the molecule is CC(C)CC(=O)OC1(C)CCNCC1. The Kier molecular flexibility index (Phi) is 3.93. The highest BCUT2D eigenvalue weighted by Crippen LogP contribution is 2.23. The minimum atomic E-state index is -0.225. The zero-order valence-corrected chi connectivity index (χ0v) is 9.43. The molecule has 1 fully saturated rings. The Morgan fingerprint density at radius 3 is 2.50 bits per heavy atom. The van der Waals surface area contributed by atoms with Crippen LogP contribution in [0.1, 0.15) is 40.0 Å². The average Bonchev–Trinajstić information content (AvgIpc) is 2.02. The molecule has 1 heterocycles. The maximum atomic E-state index is 11.5. The van der Waals surface area contributed by atoms with Gasteiger partial charge in [-0.05, 0) is 38.8 Å². The number of hydrogen-bond acceptors (Lipinski definition) is 3. The lowest BCUT2D eigenvalue weighted by Crippen LogP contribution is -2.43. The summed E-state index contributed by atoms with van der Waals surface area (Å²) >= 11 is 0. The first-order valence-electron chi connectivity index (χ1n) is 5.44. The molecule has 1 aliphatic rings. The van der Waals surface area contributed by atoms with Crippen molar-refractivity contribution < 1.29 is 9.53 Å². The van der Waals surface area contributed by atoms with Crippen LogP contribution in [0.2, 0.25) is 0 Å². The van der Waals surface area contributed by atoms with Crippen molar-refractivity contribution in [2.45, 2.75) is 45.6 Å². The van der Waals surface area contributed by atoms with E-state index < -0.39 is 0 Å². The predicted octanol–water partition coefficient (Wildman–Crippen LogP) is 1.72. The lowest BCUT2D eigenvalue weighted by molar-refractivity contribution is -0.161. The molecule has 0 aliphatic carbocycles. The summed E-state index contributed by atoms with van der Waals surface area (Å²) < 4.78 is 5.51. The van der Waals surface area contributed by atoms with Gasteiger partial charge in [-0.3, -0.25) is 4.79 Å². The van der Waals surface area contributed by atoms with Crippen LogP contribution in [0, 0.1) is 5.92 Å². The van der Waals surface area contributed by atoms with Crippen molar-refractivity contribution in [1.82, 2.24) is 5.32 Å². The van der Waals surface area contributed by atoms with E-state index in [2.05, 4.69) is 5.32 Å². The van der Waals surface area contributed by atoms with Gasteiger partial charge in [0.2, 0.25) is 0 Å². The van der Waals surface area contributed by atoms with Gasteiger partial charge in [-0.1, -0.05) is 13.8 Å². The number of carbonyl (C=O) groups is 1. The van der Waals surface area contributed by atoms with Gasteiger partial charge in [0.05, 0.1) is 0 Å².